The molecule has 0 saturated carbocycles. The number of aliphatic hydroxyl groups is 1. The molecular formula is C11H12N2O4S2. The summed E-state index contributed by atoms with van der Waals surface area (Å²) in [7, 11) is -3.77. The predicted octanol–water partition coefficient (Wildman–Crippen LogP) is 1.04. The fraction of sp³-hybridized carbons (Fsp3) is 0.182. The van der Waals surface area contributed by atoms with Crippen LogP contribution in [0.4, 0.5) is 5.69 Å². The Bertz CT molecular complexity index is 729. The average molecular weight is 300 g/mol. The molecule has 6 nitrogen and oxygen atoms in total. The number of anilines is 1. The maximum Gasteiger partial charge on any atom is 0.306 e. The van der Waals surface area contributed by atoms with Crippen LogP contribution in [0.15, 0.2) is 33.3 Å². The van der Waals surface area contributed by atoms with Crippen molar-refractivity contribution in [3.63, 3.8) is 0 Å². The van der Waals surface area contributed by atoms with Crippen LogP contribution in [0.2, 0.25) is 0 Å². The summed E-state index contributed by atoms with van der Waals surface area (Å²) in [6.07, 6.45) is 0. The fourth-order valence-corrected chi connectivity index (χ4v) is 3.89. The number of aryl methyl sites for hydroxylation is 1. The van der Waals surface area contributed by atoms with Crippen LogP contribution >= 0.6 is 11.3 Å². The van der Waals surface area contributed by atoms with Gasteiger partial charge in [-0.05, 0) is 24.6 Å². The van der Waals surface area contributed by atoms with E-state index in [1.54, 1.807) is 24.3 Å². The molecule has 0 bridgehead atoms. The number of aromatic amines is 1. The lowest BCUT2D eigenvalue weighted by molar-refractivity contribution is 0.282. The maximum absolute atomic E-state index is 12.1. The number of aromatic nitrogens is 1. The van der Waals surface area contributed by atoms with Gasteiger partial charge in [0.2, 0.25) is 0 Å². The third kappa shape index (κ3) is 3.03. The summed E-state index contributed by atoms with van der Waals surface area (Å²) in [5.74, 6) is 0. The molecule has 3 N–H and O–H groups in total. The summed E-state index contributed by atoms with van der Waals surface area (Å²) < 4.78 is 26.5. The van der Waals surface area contributed by atoms with E-state index in [4.69, 9.17) is 5.11 Å². The third-order valence-corrected chi connectivity index (χ3v) is 5.40. The van der Waals surface area contributed by atoms with Gasteiger partial charge in [0.25, 0.3) is 10.0 Å². The summed E-state index contributed by atoms with van der Waals surface area (Å²) in [5, 5.41) is 8.90. The lowest BCUT2D eigenvalue weighted by Crippen LogP contribution is -2.12. The van der Waals surface area contributed by atoms with Gasteiger partial charge in [0.05, 0.1) is 6.61 Å². The largest absolute Gasteiger partial charge is 0.392 e. The minimum absolute atomic E-state index is 0.0243. The molecule has 0 aliphatic carbocycles. The molecule has 0 fully saturated rings. The van der Waals surface area contributed by atoms with Crippen molar-refractivity contribution in [3.05, 3.63) is 45.2 Å². The lowest BCUT2D eigenvalue weighted by Gasteiger charge is -2.07. The standard InChI is InChI=1S/C11H12N2O4S2/c1-7-10(18-11(15)12-7)19(16,17)13-9-4-2-8(6-14)3-5-9/h2-5,13-14H,6H2,1H3,(H,12,15). The molecule has 0 spiro atoms. The van der Waals surface area contributed by atoms with Gasteiger partial charge < -0.3 is 10.1 Å². The highest BCUT2D eigenvalue weighted by Crippen LogP contribution is 2.20. The molecule has 19 heavy (non-hydrogen) atoms. The van der Waals surface area contributed by atoms with Gasteiger partial charge in [-0.15, -0.1) is 0 Å². The van der Waals surface area contributed by atoms with Gasteiger partial charge in [0, 0.05) is 11.4 Å². The smallest absolute Gasteiger partial charge is 0.306 e. The molecule has 2 aromatic rings. The SMILES string of the molecule is Cc1[nH]c(=O)sc1S(=O)(=O)Nc1ccc(CO)cc1. The molecule has 8 heteroatoms. The average Bonchev–Trinajstić information content (AvgIpc) is 2.70. The van der Waals surface area contributed by atoms with Crippen molar-refractivity contribution >= 4 is 27.0 Å². The van der Waals surface area contributed by atoms with Crippen LogP contribution < -0.4 is 9.60 Å². The van der Waals surface area contributed by atoms with E-state index in [0.717, 1.165) is 0 Å². The zero-order chi connectivity index (χ0) is 14.0. The second kappa shape index (κ2) is 5.16. The molecule has 1 heterocycles. The first-order valence-corrected chi connectivity index (χ1v) is 7.64. The number of rotatable bonds is 4. The first-order valence-electron chi connectivity index (χ1n) is 5.35. The highest BCUT2D eigenvalue weighted by Gasteiger charge is 2.20. The fourth-order valence-electron chi connectivity index (χ4n) is 1.53. The minimum atomic E-state index is -3.77. The van der Waals surface area contributed by atoms with Crippen molar-refractivity contribution in [1.29, 1.82) is 0 Å². The topological polar surface area (TPSA) is 99.3 Å². The van der Waals surface area contributed by atoms with Crippen LogP contribution in [0, 0.1) is 6.92 Å². The van der Waals surface area contributed by atoms with Crippen molar-refractivity contribution in [3.8, 4) is 0 Å². The van der Waals surface area contributed by atoms with Crippen molar-refractivity contribution in [1.82, 2.24) is 4.98 Å². The molecule has 0 amide bonds. The number of nitrogens with one attached hydrogen (secondary N) is 2. The Morgan fingerprint density at radius 1 is 1.32 bits per heavy atom. The van der Waals surface area contributed by atoms with E-state index in [1.807, 2.05) is 0 Å². The van der Waals surface area contributed by atoms with E-state index in [1.165, 1.54) is 6.92 Å². The first kappa shape index (κ1) is 13.8. The van der Waals surface area contributed by atoms with Gasteiger partial charge in [-0.25, -0.2) is 8.42 Å². The van der Waals surface area contributed by atoms with E-state index < -0.39 is 14.9 Å². The quantitative estimate of drug-likeness (QED) is 0.785. The van der Waals surface area contributed by atoms with Crippen molar-refractivity contribution in [2.75, 3.05) is 4.72 Å². The molecule has 0 radical (unpaired) electrons. The third-order valence-electron chi connectivity index (χ3n) is 2.41. The highest BCUT2D eigenvalue weighted by atomic mass is 32.2. The number of aliphatic hydroxyl groups excluding tert-OH is 1. The Balaban J connectivity index is 2.30. The number of hydrogen-bond acceptors (Lipinski definition) is 5. The summed E-state index contributed by atoms with van der Waals surface area (Å²) in [6, 6.07) is 6.33. The van der Waals surface area contributed by atoms with Crippen molar-refractivity contribution in [2.45, 2.75) is 17.7 Å². The number of H-pyrrole nitrogens is 1. The molecule has 0 unspecified atom stereocenters. The van der Waals surface area contributed by atoms with Crippen LogP contribution in [0.25, 0.3) is 0 Å². The summed E-state index contributed by atoms with van der Waals surface area (Å²) in [5.41, 5.74) is 1.37. The van der Waals surface area contributed by atoms with Gasteiger partial charge in [-0.3, -0.25) is 9.52 Å². The Labute approximate surface area is 113 Å². The van der Waals surface area contributed by atoms with Crippen LogP contribution in [0.5, 0.6) is 0 Å². The number of sulfonamides is 1. The van der Waals surface area contributed by atoms with Gasteiger partial charge in [0.1, 0.15) is 0 Å². The molecular weight excluding hydrogens is 288 g/mol. The van der Waals surface area contributed by atoms with Gasteiger partial charge in [0.15, 0.2) is 4.21 Å². The molecule has 0 atom stereocenters. The number of hydrogen-bond donors (Lipinski definition) is 3. The Hall–Kier alpha value is -1.64. The molecule has 1 aromatic carbocycles. The van der Waals surface area contributed by atoms with E-state index in [2.05, 4.69) is 9.71 Å². The monoisotopic (exact) mass is 300 g/mol. The zero-order valence-electron chi connectivity index (χ0n) is 10.0. The second-order valence-electron chi connectivity index (χ2n) is 3.89. The van der Waals surface area contributed by atoms with Crippen LogP contribution in [0.3, 0.4) is 0 Å². The van der Waals surface area contributed by atoms with Crippen molar-refractivity contribution < 1.29 is 13.5 Å². The normalized spacial score (nSPS) is 11.5. The van der Waals surface area contributed by atoms with Gasteiger partial charge in [-0.2, -0.15) is 0 Å². The number of thiazole rings is 1. The van der Waals surface area contributed by atoms with E-state index in [-0.39, 0.29) is 10.8 Å². The van der Waals surface area contributed by atoms with Crippen LogP contribution in [0.1, 0.15) is 11.3 Å². The van der Waals surface area contributed by atoms with E-state index in [0.29, 0.717) is 28.3 Å². The molecule has 1 aromatic heterocycles. The molecule has 0 saturated heterocycles. The Morgan fingerprint density at radius 3 is 2.42 bits per heavy atom. The van der Waals surface area contributed by atoms with Gasteiger partial charge in [-0.1, -0.05) is 23.5 Å². The molecule has 102 valence electrons. The second-order valence-corrected chi connectivity index (χ2v) is 6.75. The predicted molar refractivity (Wildman–Crippen MR) is 72.9 cm³/mol. The minimum Gasteiger partial charge on any atom is -0.392 e. The first-order chi connectivity index (χ1) is 8.92. The lowest BCUT2D eigenvalue weighted by atomic mass is 10.2. The molecule has 2 rings (SSSR count). The number of benzene rings is 1. The van der Waals surface area contributed by atoms with Crippen LogP contribution in [-0.4, -0.2) is 18.5 Å². The van der Waals surface area contributed by atoms with E-state index >= 15 is 0 Å². The van der Waals surface area contributed by atoms with Crippen molar-refractivity contribution in [2.24, 2.45) is 0 Å². The maximum atomic E-state index is 12.1. The summed E-state index contributed by atoms with van der Waals surface area (Å²) in [6.45, 7) is 1.42. The van der Waals surface area contributed by atoms with Crippen LogP contribution in [-0.2, 0) is 16.6 Å². The Morgan fingerprint density at radius 2 is 1.95 bits per heavy atom. The zero-order valence-corrected chi connectivity index (χ0v) is 11.6. The molecule has 0 aliphatic rings. The van der Waals surface area contributed by atoms with E-state index in [9.17, 15) is 13.2 Å². The van der Waals surface area contributed by atoms with Gasteiger partial charge >= 0.3 is 4.87 Å². The molecule has 0 aliphatic heterocycles. The Kier molecular flexibility index (Phi) is 3.74. The summed E-state index contributed by atoms with van der Waals surface area (Å²) >= 11 is 0.647. The summed E-state index contributed by atoms with van der Waals surface area (Å²) in [4.78, 5) is 13.2. The highest BCUT2D eigenvalue weighted by molar-refractivity contribution is 7.94.